The van der Waals surface area contributed by atoms with E-state index in [2.05, 4.69) is 41.8 Å². The Balaban J connectivity index is 1.62. The molecule has 0 fully saturated rings. The molecule has 2 aromatic carbocycles. The fourth-order valence-electron chi connectivity index (χ4n) is 3.03. The maximum Gasteiger partial charge on any atom is 0.0406 e. The van der Waals surface area contributed by atoms with Crippen molar-refractivity contribution in [2.75, 3.05) is 0 Å². The van der Waals surface area contributed by atoms with Gasteiger partial charge < -0.3 is 0 Å². The van der Waals surface area contributed by atoms with E-state index >= 15 is 0 Å². The van der Waals surface area contributed by atoms with Crippen molar-refractivity contribution in [1.29, 1.82) is 0 Å². The lowest BCUT2D eigenvalue weighted by molar-refractivity contribution is 0.422. The Bertz CT molecular complexity index is 580. The summed E-state index contributed by atoms with van der Waals surface area (Å²) in [5.41, 5.74) is 7.21. The average molecular weight is 287 g/mol. The maximum atomic E-state index is 5.91. The Kier molecular flexibility index (Phi) is 4.06. The molecule has 2 unspecified atom stereocenters. The van der Waals surface area contributed by atoms with Gasteiger partial charge in [-0.15, -0.1) is 0 Å². The highest BCUT2D eigenvalue weighted by Gasteiger charge is 2.27. The van der Waals surface area contributed by atoms with Crippen molar-refractivity contribution in [3.63, 3.8) is 0 Å². The van der Waals surface area contributed by atoms with Gasteiger partial charge in [0.25, 0.3) is 0 Å². The molecule has 20 heavy (non-hydrogen) atoms. The van der Waals surface area contributed by atoms with E-state index < -0.39 is 0 Å². The van der Waals surface area contributed by atoms with Gasteiger partial charge in [-0.2, -0.15) is 0 Å². The molecule has 0 spiro atoms. The third kappa shape index (κ3) is 2.88. The SMILES string of the molecule is NNC(Cc1ccc(Cl)cc1)CC1Cc2ccccc21. The van der Waals surface area contributed by atoms with Crippen LogP contribution in [0.4, 0.5) is 0 Å². The van der Waals surface area contributed by atoms with Crippen LogP contribution >= 0.6 is 11.6 Å². The van der Waals surface area contributed by atoms with E-state index in [4.69, 9.17) is 17.4 Å². The third-order valence-electron chi connectivity index (χ3n) is 4.16. The quantitative estimate of drug-likeness (QED) is 0.653. The first kappa shape index (κ1) is 13.6. The first-order valence-electron chi connectivity index (χ1n) is 7.04. The van der Waals surface area contributed by atoms with E-state index in [0.29, 0.717) is 12.0 Å². The van der Waals surface area contributed by atoms with E-state index in [9.17, 15) is 0 Å². The molecule has 0 saturated carbocycles. The molecule has 2 atom stereocenters. The van der Waals surface area contributed by atoms with Crippen molar-refractivity contribution in [2.24, 2.45) is 5.84 Å². The zero-order valence-corrected chi connectivity index (χ0v) is 12.1. The van der Waals surface area contributed by atoms with E-state index in [-0.39, 0.29) is 0 Å². The van der Waals surface area contributed by atoms with Crippen molar-refractivity contribution in [3.05, 3.63) is 70.2 Å². The molecule has 104 valence electrons. The van der Waals surface area contributed by atoms with Gasteiger partial charge in [0.1, 0.15) is 0 Å². The number of nitrogens with two attached hydrogens (primary N) is 1. The van der Waals surface area contributed by atoms with Crippen molar-refractivity contribution in [3.8, 4) is 0 Å². The minimum atomic E-state index is 0.300. The average Bonchev–Trinajstić information content (AvgIpc) is 2.45. The molecular formula is C17H19ClN2. The van der Waals surface area contributed by atoms with Crippen LogP contribution < -0.4 is 11.3 Å². The van der Waals surface area contributed by atoms with Crippen LogP contribution in [0.5, 0.6) is 0 Å². The van der Waals surface area contributed by atoms with Crippen LogP contribution in [0.15, 0.2) is 48.5 Å². The Hall–Kier alpha value is -1.35. The van der Waals surface area contributed by atoms with Crippen molar-refractivity contribution in [1.82, 2.24) is 5.43 Å². The van der Waals surface area contributed by atoms with Gasteiger partial charge in [0.15, 0.2) is 0 Å². The molecule has 0 radical (unpaired) electrons. The number of hydrogen-bond donors (Lipinski definition) is 2. The fourth-order valence-corrected chi connectivity index (χ4v) is 3.16. The van der Waals surface area contributed by atoms with Crippen LogP contribution in [-0.4, -0.2) is 6.04 Å². The second-order valence-electron chi connectivity index (χ2n) is 5.53. The lowest BCUT2D eigenvalue weighted by Gasteiger charge is -2.33. The molecule has 0 bridgehead atoms. The summed E-state index contributed by atoms with van der Waals surface area (Å²) >= 11 is 5.91. The standard InChI is InChI=1S/C17H19ClN2/c18-15-7-5-12(6-8-15)9-16(20-19)11-14-10-13-3-1-2-4-17(13)14/h1-8,14,16,20H,9-11,19H2. The Morgan fingerprint density at radius 1 is 1.15 bits per heavy atom. The summed E-state index contributed by atoms with van der Waals surface area (Å²) in [6.07, 6.45) is 3.19. The normalized spacial score (nSPS) is 18.2. The predicted molar refractivity (Wildman–Crippen MR) is 83.8 cm³/mol. The van der Waals surface area contributed by atoms with Crippen molar-refractivity contribution < 1.29 is 0 Å². The largest absolute Gasteiger partial charge is 0.271 e. The van der Waals surface area contributed by atoms with Gasteiger partial charge in [-0.1, -0.05) is 48.0 Å². The van der Waals surface area contributed by atoms with Crippen LogP contribution in [0.3, 0.4) is 0 Å². The number of rotatable bonds is 5. The summed E-state index contributed by atoms with van der Waals surface area (Å²) in [6.45, 7) is 0. The summed E-state index contributed by atoms with van der Waals surface area (Å²) in [6, 6.07) is 17.0. The molecule has 3 N–H and O–H groups in total. The molecule has 2 aromatic rings. The number of fused-ring (bicyclic) bond motifs is 1. The van der Waals surface area contributed by atoms with E-state index in [1.807, 2.05) is 12.1 Å². The number of nitrogens with one attached hydrogen (secondary N) is 1. The monoisotopic (exact) mass is 286 g/mol. The maximum absolute atomic E-state index is 5.91. The lowest BCUT2D eigenvalue weighted by Crippen LogP contribution is -2.39. The summed E-state index contributed by atoms with van der Waals surface area (Å²) in [5, 5.41) is 0.777. The molecular weight excluding hydrogens is 268 g/mol. The molecule has 2 nitrogen and oxygen atoms in total. The second kappa shape index (κ2) is 5.96. The molecule has 0 heterocycles. The highest BCUT2D eigenvalue weighted by Crippen LogP contribution is 2.38. The Morgan fingerprint density at radius 2 is 1.90 bits per heavy atom. The smallest absolute Gasteiger partial charge is 0.0406 e. The van der Waals surface area contributed by atoms with Gasteiger partial charge in [-0.25, -0.2) is 0 Å². The topological polar surface area (TPSA) is 38.0 Å². The number of halogens is 1. The van der Waals surface area contributed by atoms with Crippen LogP contribution in [0, 0.1) is 0 Å². The zero-order chi connectivity index (χ0) is 13.9. The first-order valence-corrected chi connectivity index (χ1v) is 7.42. The van der Waals surface area contributed by atoms with Crippen LogP contribution in [0.2, 0.25) is 5.02 Å². The number of hydrazine groups is 1. The molecule has 3 heteroatoms. The summed E-state index contributed by atoms with van der Waals surface area (Å²) < 4.78 is 0. The van der Waals surface area contributed by atoms with Gasteiger partial charge in [-0.3, -0.25) is 11.3 Å². The summed E-state index contributed by atoms with van der Waals surface area (Å²) in [4.78, 5) is 0. The Labute approximate surface area is 124 Å². The fraction of sp³-hybridized carbons (Fsp3) is 0.294. The van der Waals surface area contributed by atoms with Crippen molar-refractivity contribution in [2.45, 2.75) is 31.2 Å². The van der Waals surface area contributed by atoms with Gasteiger partial charge in [0.2, 0.25) is 0 Å². The van der Waals surface area contributed by atoms with Gasteiger partial charge in [-0.05, 0) is 54.0 Å². The predicted octanol–water partition coefficient (Wildman–Crippen LogP) is 3.44. The lowest BCUT2D eigenvalue weighted by atomic mass is 9.74. The van der Waals surface area contributed by atoms with Crippen LogP contribution in [-0.2, 0) is 12.8 Å². The van der Waals surface area contributed by atoms with E-state index in [1.54, 1.807) is 0 Å². The van der Waals surface area contributed by atoms with Crippen molar-refractivity contribution >= 4 is 11.6 Å². The van der Waals surface area contributed by atoms with Gasteiger partial charge in [0.05, 0.1) is 0 Å². The van der Waals surface area contributed by atoms with Crippen LogP contribution in [0.1, 0.15) is 29.0 Å². The third-order valence-corrected chi connectivity index (χ3v) is 4.41. The minimum absolute atomic E-state index is 0.300. The van der Waals surface area contributed by atoms with Gasteiger partial charge in [0, 0.05) is 11.1 Å². The highest BCUT2D eigenvalue weighted by atomic mass is 35.5. The molecule has 1 aliphatic rings. The highest BCUT2D eigenvalue weighted by molar-refractivity contribution is 6.30. The number of benzene rings is 2. The first-order chi connectivity index (χ1) is 9.76. The Morgan fingerprint density at radius 3 is 2.60 bits per heavy atom. The minimum Gasteiger partial charge on any atom is -0.271 e. The molecule has 0 aromatic heterocycles. The molecule has 0 amide bonds. The molecule has 0 saturated heterocycles. The molecule has 0 aliphatic heterocycles. The van der Waals surface area contributed by atoms with Gasteiger partial charge >= 0.3 is 0 Å². The molecule has 3 rings (SSSR count). The summed E-state index contributed by atoms with van der Waals surface area (Å²) in [7, 11) is 0. The second-order valence-corrected chi connectivity index (χ2v) is 5.97. The van der Waals surface area contributed by atoms with E-state index in [0.717, 1.165) is 17.9 Å². The summed E-state index contributed by atoms with van der Waals surface area (Å²) in [5.74, 6) is 6.36. The zero-order valence-electron chi connectivity index (χ0n) is 11.4. The van der Waals surface area contributed by atoms with Crippen LogP contribution in [0.25, 0.3) is 0 Å². The number of hydrogen-bond acceptors (Lipinski definition) is 2. The van der Waals surface area contributed by atoms with E-state index in [1.165, 1.54) is 23.1 Å². The molecule has 1 aliphatic carbocycles.